The number of β-amino-alcohol motifs (C(OH)–C–C–N with tert-alkyl or cyclic N) is 1. The van der Waals surface area contributed by atoms with E-state index in [1.54, 1.807) is 18.2 Å². The Morgan fingerprint density at radius 3 is 2.32 bits per heavy atom. The number of Topliss-reactive ketones (excluding diaryl/α,β-unsaturated/α-hetero) is 1. The average Bonchev–Trinajstić information content (AvgIpc) is 3.52. The molecule has 0 aromatic heterocycles. The fourth-order valence-corrected chi connectivity index (χ4v) is 5.98. The lowest BCUT2D eigenvalue weighted by molar-refractivity contribution is -0.123. The lowest BCUT2D eigenvalue weighted by atomic mass is 10.0. The van der Waals surface area contributed by atoms with Crippen molar-refractivity contribution in [2.45, 2.75) is 18.9 Å². The highest BCUT2D eigenvalue weighted by molar-refractivity contribution is 6.22. The lowest BCUT2D eigenvalue weighted by Gasteiger charge is -2.36. The van der Waals surface area contributed by atoms with Gasteiger partial charge in [0.1, 0.15) is 0 Å². The number of benzene rings is 3. The number of anilines is 1. The predicted octanol–water partition coefficient (Wildman–Crippen LogP) is 2.54. The first-order chi connectivity index (χ1) is 19.9. The summed E-state index contributed by atoms with van der Waals surface area (Å²) in [7, 11) is 0. The largest absolute Gasteiger partial charge is 0.454 e. The Morgan fingerprint density at radius 1 is 0.854 bits per heavy atom. The molecule has 2 heterocycles. The highest BCUT2D eigenvalue weighted by Gasteiger charge is 2.43. The Hall–Kier alpha value is -4.18. The summed E-state index contributed by atoms with van der Waals surface area (Å²) in [6, 6.07) is 19.3. The second kappa shape index (κ2) is 11.4. The smallest absolute Gasteiger partial charge is 0.338 e. The Labute approximate surface area is 237 Å². The highest BCUT2D eigenvalue weighted by Crippen LogP contribution is 2.36. The summed E-state index contributed by atoms with van der Waals surface area (Å²) < 4.78 is 5.29. The molecule has 1 unspecified atom stereocenters. The van der Waals surface area contributed by atoms with Gasteiger partial charge in [-0.2, -0.15) is 0 Å². The second-order valence-corrected chi connectivity index (χ2v) is 10.6. The molecule has 9 nitrogen and oxygen atoms in total. The van der Waals surface area contributed by atoms with Crippen molar-refractivity contribution in [1.82, 2.24) is 9.80 Å². The van der Waals surface area contributed by atoms with E-state index >= 15 is 0 Å². The molecule has 2 fully saturated rings. The zero-order valence-corrected chi connectivity index (χ0v) is 22.6. The molecule has 0 saturated carbocycles. The lowest BCUT2D eigenvalue weighted by Crippen LogP contribution is -2.52. The maximum Gasteiger partial charge on any atom is 0.338 e. The molecule has 6 rings (SSSR count). The molecule has 41 heavy (non-hydrogen) atoms. The van der Waals surface area contributed by atoms with E-state index in [0.717, 1.165) is 30.6 Å². The first-order valence-electron chi connectivity index (χ1n) is 13.9. The van der Waals surface area contributed by atoms with Crippen LogP contribution in [0.3, 0.4) is 0 Å². The van der Waals surface area contributed by atoms with E-state index in [1.165, 1.54) is 28.2 Å². The van der Waals surface area contributed by atoms with Gasteiger partial charge in [-0.25, -0.2) is 9.69 Å². The van der Waals surface area contributed by atoms with E-state index in [1.807, 2.05) is 29.2 Å². The van der Waals surface area contributed by atoms with Gasteiger partial charge in [0.05, 0.1) is 30.3 Å². The standard InChI is InChI=1S/C32H31N3O6/c36-16-15-33-11-13-34(14-12-33)28-19-30(38)35(31(28)39)25-8-5-21(6-9-25)32(40)41-20-29(37)23-7-10-27-24(18-23)17-22-3-1-2-4-26(22)27/h1-10,18,28,36H,11-17,19-20H2. The zero-order valence-electron chi connectivity index (χ0n) is 22.6. The minimum Gasteiger partial charge on any atom is -0.454 e. The maximum absolute atomic E-state index is 13.2. The first-order valence-corrected chi connectivity index (χ1v) is 13.9. The van der Waals surface area contributed by atoms with E-state index in [-0.39, 0.29) is 42.8 Å². The van der Waals surface area contributed by atoms with Gasteiger partial charge >= 0.3 is 5.97 Å². The van der Waals surface area contributed by atoms with Crippen LogP contribution in [0.25, 0.3) is 11.1 Å². The van der Waals surface area contributed by atoms with Crippen molar-refractivity contribution in [3.8, 4) is 11.1 Å². The summed E-state index contributed by atoms with van der Waals surface area (Å²) in [6.45, 7) is 3.09. The average molecular weight is 554 g/mol. The van der Waals surface area contributed by atoms with Gasteiger partial charge < -0.3 is 9.84 Å². The van der Waals surface area contributed by atoms with Gasteiger partial charge in [0.2, 0.25) is 5.91 Å². The summed E-state index contributed by atoms with van der Waals surface area (Å²) >= 11 is 0. The van der Waals surface area contributed by atoms with Crippen molar-refractivity contribution in [2.24, 2.45) is 0 Å². The Kier molecular flexibility index (Phi) is 7.49. The number of hydrogen-bond donors (Lipinski definition) is 1. The number of esters is 1. The van der Waals surface area contributed by atoms with Crippen LogP contribution in [0, 0.1) is 0 Å². The van der Waals surface area contributed by atoms with Crippen LogP contribution in [0.2, 0.25) is 0 Å². The number of carbonyl (C=O) groups is 4. The van der Waals surface area contributed by atoms with E-state index < -0.39 is 12.0 Å². The molecule has 9 heteroatoms. The molecule has 0 bridgehead atoms. The number of nitrogens with zero attached hydrogens (tertiary/aromatic N) is 3. The van der Waals surface area contributed by atoms with Crippen molar-refractivity contribution < 1.29 is 29.0 Å². The molecule has 1 N–H and O–H groups in total. The number of carbonyl (C=O) groups excluding carboxylic acids is 4. The van der Waals surface area contributed by atoms with Crippen LogP contribution in [0.1, 0.15) is 38.3 Å². The summed E-state index contributed by atoms with van der Waals surface area (Å²) in [5, 5.41) is 9.14. The number of aliphatic hydroxyl groups excluding tert-OH is 1. The Morgan fingerprint density at radius 2 is 1.56 bits per heavy atom. The number of ketones is 1. The summed E-state index contributed by atoms with van der Waals surface area (Å²) in [6.07, 6.45) is 0.877. The minimum atomic E-state index is -0.656. The quantitative estimate of drug-likeness (QED) is 0.202. The number of ether oxygens (including phenoxy) is 1. The third kappa shape index (κ3) is 5.31. The maximum atomic E-state index is 13.2. The third-order valence-corrected chi connectivity index (χ3v) is 8.20. The van der Waals surface area contributed by atoms with Gasteiger partial charge in [0, 0.05) is 38.3 Å². The van der Waals surface area contributed by atoms with Crippen LogP contribution in [0.4, 0.5) is 5.69 Å². The fourth-order valence-electron chi connectivity index (χ4n) is 5.98. The summed E-state index contributed by atoms with van der Waals surface area (Å²) in [4.78, 5) is 56.7. The SMILES string of the molecule is O=C(COC(=O)c1ccc(N2C(=O)CC(N3CCN(CCO)CC3)C2=O)cc1)c1ccc2c(c1)Cc1ccccc1-2. The molecular weight excluding hydrogens is 522 g/mol. The third-order valence-electron chi connectivity index (χ3n) is 8.20. The van der Waals surface area contributed by atoms with Gasteiger partial charge in [-0.3, -0.25) is 24.2 Å². The van der Waals surface area contributed by atoms with Gasteiger partial charge in [0.25, 0.3) is 5.91 Å². The first kappa shape index (κ1) is 27.0. The molecule has 3 aliphatic rings. The van der Waals surface area contributed by atoms with Crippen LogP contribution in [-0.2, 0) is 20.7 Å². The van der Waals surface area contributed by atoms with Crippen LogP contribution >= 0.6 is 0 Å². The molecule has 3 aromatic rings. The van der Waals surface area contributed by atoms with E-state index in [2.05, 4.69) is 17.0 Å². The van der Waals surface area contributed by atoms with E-state index in [9.17, 15) is 19.2 Å². The van der Waals surface area contributed by atoms with Crippen molar-refractivity contribution in [2.75, 3.05) is 50.8 Å². The zero-order chi connectivity index (χ0) is 28.5. The second-order valence-electron chi connectivity index (χ2n) is 10.6. The molecular formula is C32H31N3O6. The molecule has 3 aromatic carbocycles. The van der Waals surface area contributed by atoms with Crippen molar-refractivity contribution >= 4 is 29.3 Å². The number of imide groups is 1. The van der Waals surface area contributed by atoms with Crippen molar-refractivity contribution in [1.29, 1.82) is 0 Å². The van der Waals surface area contributed by atoms with E-state index in [0.29, 0.717) is 30.9 Å². The number of aliphatic hydroxyl groups is 1. The van der Waals surface area contributed by atoms with Crippen LogP contribution in [0.15, 0.2) is 66.7 Å². The summed E-state index contributed by atoms with van der Waals surface area (Å²) in [5.41, 5.74) is 5.73. The van der Waals surface area contributed by atoms with Crippen molar-refractivity contribution in [3.05, 3.63) is 89.0 Å². The minimum absolute atomic E-state index is 0.0960. The fraction of sp³-hybridized carbons (Fsp3) is 0.312. The molecule has 2 aliphatic heterocycles. The number of fused-ring (bicyclic) bond motifs is 3. The van der Waals surface area contributed by atoms with E-state index in [4.69, 9.17) is 9.84 Å². The van der Waals surface area contributed by atoms with Crippen LogP contribution < -0.4 is 4.90 Å². The molecule has 1 aliphatic carbocycles. The Bertz CT molecular complexity index is 1510. The highest BCUT2D eigenvalue weighted by atomic mass is 16.5. The molecule has 210 valence electrons. The number of hydrogen-bond acceptors (Lipinski definition) is 8. The molecule has 0 spiro atoms. The molecule has 0 radical (unpaired) electrons. The molecule has 2 amide bonds. The van der Waals surface area contributed by atoms with Crippen molar-refractivity contribution in [3.63, 3.8) is 0 Å². The number of rotatable bonds is 8. The molecule has 2 saturated heterocycles. The number of piperazine rings is 1. The predicted molar refractivity (Wildman–Crippen MR) is 152 cm³/mol. The van der Waals surface area contributed by atoms with Crippen LogP contribution in [-0.4, -0.2) is 90.5 Å². The normalized spacial score (nSPS) is 18.9. The van der Waals surface area contributed by atoms with Crippen LogP contribution in [0.5, 0.6) is 0 Å². The molecule has 1 atom stereocenters. The van der Waals surface area contributed by atoms with Gasteiger partial charge in [0.15, 0.2) is 12.4 Å². The topological polar surface area (TPSA) is 107 Å². The summed E-state index contributed by atoms with van der Waals surface area (Å²) in [5.74, 6) is -1.50. The monoisotopic (exact) mass is 553 g/mol. The van der Waals surface area contributed by atoms with Gasteiger partial charge in [-0.15, -0.1) is 0 Å². The number of amides is 2. The Balaban J connectivity index is 1.05. The van der Waals surface area contributed by atoms with Gasteiger partial charge in [-0.1, -0.05) is 36.4 Å². The van der Waals surface area contributed by atoms with Gasteiger partial charge in [-0.05, 0) is 59.0 Å².